The molecule has 106 valence electrons. The molecule has 1 heteroatoms. The van der Waals surface area contributed by atoms with Crippen molar-refractivity contribution in [3.8, 4) is 0 Å². The smallest absolute Gasteiger partial charge is 0.139 e. The molecule has 0 radical (unpaired) electrons. The zero-order valence-corrected chi connectivity index (χ0v) is 12.4. The van der Waals surface area contributed by atoms with Crippen LogP contribution >= 0.6 is 0 Å². The molecule has 19 heavy (non-hydrogen) atoms. The van der Waals surface area contributed by atoms with E-state index < -0.39 is 0 Å². The highest BCUT2D eigenvalue weighted by Gasteiger charge is 2.56. The molecule has 0 aromatic rings. The fourth-order valence-electron chi connectivity index (χ4n) is 6.60. The number of rotatable bonds is 0. The van der Waals surface area contributed by atoms with Crippen LogP contribution in [0.4, 0.5) is 0 Å². The van der Waals surface area contributed by atoms with Crippen LogP contribution in [0.1, 0.15) is 71.1 Å². The van der Waals surface area contributed by atoms with Gasteiger partial charge >= 0.3 is 0 Å². The summed E-state index contributed by atoms with van der Waals surface area (Å²) in [5.74, 6) is 5.33. The van der Waals surface area contributed by atoms with Crippen molar-refractivity contribution in [1.29, 1.82) is 0 Å². The zero-order chi connectivity index (χ0) is 13.0. The summed E-state index contributed by atoms with van der Waals surface area (Å²) in [6.07, 6.45) is 13.6. The minimum Gasteiger partial charge on any atom is -0.299 e. The molecule has 0 unspecified atom stereocenters. The maximum absolute atomic E-state index is 12.3. The fraction of sp³-hybridized carbons (Fsp3) is 0.944. The van der Waals surface area contributed by atoms with Crippen molar-refractivity contribution in [3.05, 3.63) is 0 Å². The van der Waals surface area contributed by atoms with E-state index in [1.165, 1.54) is 57.8 Å². The van der Waals surface area contributed by atoms with E-state index in [1.807, 2.05) is 0 Å². The Morgan fingerprint density at radius 1 is 0.895 bits per heavy atom. The lowest BCUT2D eigenvalue weighted by atomic mass is 9.51. The number of ketones is 1. The van der Waals surface area contributed by atoms with E-state index in [-0.39, 0.29) is 5.41 Å². The Bertz CT molecular complexity index is 387. The third-order valence-electron chi connectivity index (χ3n) is 7.59. The van der Waals surface area contributed by atoms with Gasteiger partial charge in [-0.1, -0.05) is 26.2 Å². The van der Waals surface area contributed by atoms with E-state index in [2.05, 4.69) is 6.92 Å². The van der Waals surface area contributed by atoms with Crippen molar-refractivity contribution >= 4 is 5.78 Å². The SMILES string of the molecule is C[C@]12CC[C@H]3[C@H]4CCCC[C@@H]4CC[C@@H]3[C@@H]1CCC2=O. The van der Waals surface area contributed by atoms with Crippen LogP contribution < -0.4 is 0 Å². The zero-order valence-electron chi connectivity index (χ0n) is 12.4. The van der Waals surface area contributed by atoms with Gasteiger partial charge in [0.15, 0.2) is 0 Å². The van der Waals surface area contributed by atoms with Crippen molar-refractivity contribution in [2.45, 2.75) is 71.1 Å². The Morgan fingerprint density at radius 2 is 1.74 bits per heavy atom. The molecule has 0 amide bonds. The first kappa shape index (κ1) is 12.4. The van der Waals surface area contributed by atoms with Crippen LogP contribution in [-0.4, -0.2) is 5.78 Å². The average Bonchev–Trinajstić information content (AvgIpc) is 2.75. The topological polar surface area (TPSA) is 17.1 Å². The highest BCUT2D eigenvalue weighted by molar-refractivity contribution is 5.87. The molecule has 4 aliphatic carbocycles. The van der Waals surface area contributed by atoms with Crippen LogP contribution in [0, 0.1) is 35.0 Å². The maximum atomic E-state index is 12.3. The van der Waals surface area contributed by atoms with Gasteiger partial charge in [-0.05, 0) is 68.1 Å². The summed E-state index contributed by atoms with van der Waals surface area (Å²) < 4.78 is 0. The Labute approximate surface area is 117 Å². The summed E-state index contributed by atoms with van der Waals surface area (Å²) in [6, 6.07) is 0. The second kappa shape index (κ2) is 4.33. The molecular formula is C18H28O. The predicted molar refractivity (Wildman–Crippen MR) is 76.7 cm³/mol. The predicted octanol–water partition coefficient (Wildman–Crippen LogP) is 4.60. The Morgan fingerprint density at radius 3 is 2.63 bits per heavy atom. The third kappa shape index (κ3) is 1.69. The van der Waals surface area contributed by atoms with Crippen LogP contribution in [0.3, 0.4) is 0 Å². The van der Waals surface area contributed by atoms with Crippen LogP contribution in [0.25, 0.3) is 0 Å². The van der Waals surface area contributed by atoms with E-state index in [1.54, 1.807) is 0 Å². The van der Waals surface area contributed by atoms with Gasteiger partial charge in [0.25, 0.3) is 0 Å². The molecule has 6 atom stereocenters. The van der Waals surface area contributed by atoms with Gasteiger partial charge in [0.2, 0.25) is 0 Å². The molecule has 0 aromatic heterocycles. The monoisotopic (exact) mass is 260 g/mol. The summed E-state index contributed by atoms with van der Waals surface area (Å²) in [4.78, 5) is 12.3. The molecular weight excluding hydrogens is 232 g/mol. The fourth-order valence-corrected chi connectivity index (χ4v) is 6.60. The van der Waals surface area contributed by atoms with Gasteiger partial charge in [-0.25, -0.2) is 0 Å². The lowest BCUT2D eigenvalue weighted by molar-refractivity contribution is -0.132. The lowest BCUT2D eigenvalue weighted by Crippen LogP contribution is -2.48. The molecule has 0 saturated heterocycles. The van der Waals surface area contributed by atoms with Crippen molar-refractivity contribution in [3.63, 3.8) is 0 Å². The van der Waals surface area contributed by atoms with E-state index in [0.29, 0.717) is 5.78 Å². The minimum absolute atomic E-state index is 0.0860. The first-order valence-electron chi connectivity index (χ1n) is 8.73. The number of hydrogen-bond donors (Lipinski definition) is 0. The number of carbonyl (C=O) groups is 1. The van der Waals surface area contributed by atoms with Crippen LogP contribution in [-0.2, 0) is 4.79 Å². The molecule has 0 heterocycles. The van der Waals surface area contributed by atoms with E-state index in [0.717, 1.165) is 36.0 Å². The van der Waals surface area contributed by atoms with E-state index in [9.17, 15) is 4.79 Å². The molecule has 0 bridgehead atoms. The third-order valence-corrected chi connectivity index (χ3v) is 7.59. The van der Waals surface area contributed by atoms with Gasteiger partial charge in [-0.2, -0.15) is 0 Å². The van der Waals surface area contributed by atoms with Gasteiger partial charge in [0.05, 0.1) is 0 Å². The highest BCUT2D eigenvalue weighted by Crippen LogP contribution is 2.61. The number of Topliss-reactive ketones (excluding diaryl/α,β-unsaturated/α-hetero) is 1. The minimum atomic E-state index is 0.0860. The van der Waals surface area contributed by atoms with Gasteiger partial charge in [-0.15, -0.1) is 0 Å². The molecule has 4 rings (SSSR count). The second-order valence-electron chi connectivity index (χ2n) is 8.14. The maximum Gasteiger partial charge on any atom is 0.139 e. The number of carbonyl (C=O) groups excluding carboxylic acids is 1. The molecule has 4 aliphatic rings. The first-order valence-corrected chi connectivity index (χ1v) is 8.73. The lowest BCUT2D eigenvalue weighted by Gasteiger charge is -2.54. The van der Waals surface area contributed by atoms with Crippen molar-refractivity contribution in [1.82, 2.24) is 0 Å². The van der Waals surface area contributed by atoms with Crippen molar-refractivity contribution < 1.29 is 4.79 Å². The summed E-state index contributed by atoms with van der Waals surface area (Å²) in [7, 11) is 0. The second-order valence-corrected chi connectivity index (χ2v) is 8.14. The Hall–Kier alpha value is -0.330. The number of hydrogen-bond acceptors (Lipinski definition) is 1. The van der Waals surface area contributed by atoms with Crippen LogP contribution in [0.5, 0.6) is 0 Å². The van der Waals surface area contributed by atoms with Gasteiger partial charge in [-0.3, -0.25) is 4.79 Å². The first-order chi connectivity index (χ1) is 9.20. The largest absolute Gasteiger partial charge is 0.299 e. The van der Waals surface area contributed by atoms with E-state index >= 15 is 0 Å². The molecule has 4 fully saturated rings. The Kier molecular flexibility index (Phi) is 2.83. The summed E-state index contributed by atoms with van der Waals surface area (Å²) in [6.45, 7) is 2.30. The average molecular weight is 260 g/mol. The van der Waals surface area contributed by atoms with Gasteiger partial charge in [0, 0.05) is 11.8 Å². The highest BCUT2D eigenvalue weighted by atomic mass is 16.1. The van der Waals surface area contributed by atoms with Crippen molar-refractivity contribution in [2.75, 3.05) is 0 Å². The molecule has 4 saturated carbocycles. The summed E-state index contributed by atoms with van der Waals surface area (Å²) in [5.41, 5.74) is 0.0860. The van der Waals surface area contributed by atoms with Gasteiger partial charge in [0.1, 0.15) is 5.78 Å². The molecule has 0 aromatic carbocycles. The summed E-state index contributed by atoms with van der Waals surface area (Å²) >= 11 is 0. The molecule has 1 nitrogen and oxygen atoms in total. The molecule has 0 N–H and O–H groups in total. The van der Waals surface area contributed by atoms with Gasteiger partial charge < -0.3 is 0 Å². The van der Waals surface area contributed by atoms with Crippen LogP contribution in [0.2, 0.25) is 0 Å². The standard InChI is InChI=1S/C18H28O/c1-18-11-10-14-13-5-3-2-4-12(13)6-7-15(14)16(18)8-9-17(18)19/h12-16H,2-11H2,1H3/t12-,13+,14+,15+,16+,18+/m1/s1. The normalized spacial score (nSPS) is 53.3. The van der Waals surface area contributed by atoms with E-state index in [4.69, 9.17) is 0 Å². The summed E-state index contributed by atoms with van der Waals surface area (Å²) in [5, 5.41) is 0. The van der Waals surface area contributed by atoms with Crippen LogP contribution in [0.15, 0.2) is 0 Å². The molecule has 0 spiro atoms. The van der Waals surface area contributed by atoms with Crippen molar-refractivity contribution in [2.24, 2.45) is 35.0 Å². The Balaban J connectivity index is 1.61. The number of fused-ring (bicyclic) bond motifs is 5. The quantitative estimate of drug-likeness (QED) is 0.622. The molecule has 0 aliphatic heterocycles.